The topological polar surface area (TPSA) is 50.1 Å². The van der Waals surface area contributed by atoms with Crippen LogP contribution in [0.15, 0.2) is 24.1 Å². The van der Waals surface area contributed by atoms with Crippen LogP contribution >= 0.6 is 0 Å². The molecule has 0 atom stereocenters. The van der Waals surface area contributed by atoms with E-state index >= 15 is 0 Å². The molecule has 0 amide bonds. The Labute approximate surface area is 150 Å². The van der Waals surface area contributed by atoms with E-state index in [9.17, 15) is 9.18 Å². The Morgan fingerprint density at radius 1 is 1.16 bits per heavy atom. The number of nitriles is 1. The fraction of sp³-hybridized carbons (Fsp3) is 0.714. The maximum absolute atomic E-state index is 12.7. The smallest absolute Gasteiger partial charge is 0.309 e. The first-order valence-electron chi connectivity index (χ1n) is 9.77. The number of halogens is 1. The molecule has 0 aromatic rings. The summed E-state index contributed by atoms with van der Waals surface area (Å²) >= 11 is 0. The van der Waals surface area contributed by atoms with Crippen molar-refractivity contribution in [1.82, 2.24) is 0 Å². The maximum atomic E-state index is 12.7. The van der Waals surface area contributed by atoms with E-state index < -0.39 is 5.83 Å². The zero-order valence-electron chi connectivity index (χ0n) is 15.3. The molecule has 0 aliphatic heterocycles. The van der Waals surface area contributed by atoms with E-state index in [0.717, 1.165) is 57.3 Å². The Balaban J connectivity index is 1.68. The van der Waals surface area contributed by atoms with Crippen molar-refractivity contribution in [3.8, 4) is 6.07 Å². The highest BCUT2D eigenvalue weighted by Gasteiger charge is 2.30. The quantitative estimate of drug-likeness (QED) is 0.355. The number of nitrogens with zero attached hydrogens (tertiary/aromatic N) is 1. The molecule has 0 aromatic carbocycles. The molecule has 0 unspecified atom stereocenters. The lowest BCUT2D eigenvalue weighted by atomic mass is 9.80. The van der Waals surface area contributed by atoms with Crippen LogP contribution in [0.1, 0.15) is 71.1 Å². The minimum atomic E-state index is -0.771. The first kappa shape index (κ1) is 19.7. The van der Waals surface area contributed by atoms with E-state index in [-0.39, 0.29) is 18.0 Å². The SMILES string of the molecule is CCCC1CCC(C(=O)OC2CCC(/C=C/C=C(F)C#N)CC2)CC1. The van der Waals surface area contributed by atoms with Gasteiger partial charge in [-0.25, -0.2) is 0 Å². The number of carbonyl (C=O) groups is 1. The number of hydrogen-bond acceptors (Lipinski definition) is 3. The van der Waals surface area contributed by atoms with Gasteiger partial charge in [0.25, 0.3) is 0 Å². The molecule has 2 fully saturated rings. The number of esters is 1. The first-order valence-corrected chi connectivity index (χ1v) is 9.77. The average Bonchev–Trinajstić information content (AvgIpc) is 2.64. The third kappa shape index (κ3) is 6.65. The van der Waals surface area contributed by atoms with Gasteiger partial charge in [-0.1, -0.05) is 31.9 Å². The average molecular weight is 347 g/mol. The van der Waals surface area contributed by atoms with Crippen LogP contribution < -0.4 is 0 Å². The number of allylic oxidation sites excluding steroid dienone is 4. The number of rotatable bonds is 6. The molecule has 2 rings (SSSR count). The number of hydrogen-bond donors (Lipinski definition) is 0. The fourth-order valence-corrected chi connectivity index (χ4v) is 4.09. The van der Waals surface area contributed by atoms with Crippen LogP contribution in [0.3, 0.4) is 0 Å². The Morgan fingerprint density at radius 3 is 2.44 bits per heavy atom. The molecule has 0 N–H and O–H groups in total. The predicted molar refractivity (Wildman–Crippen MR) is 96.1 cm³/mol. The van der Waals surface area contributed by atoms with Gasteiger partial charge in [0.2, 0.25) is 0 Å². The van der Waals surface area contributed by atoms with Crippen LogP contribution in [0, 0.1) is 29.1 Å². The molecular weight excluding hydrogens is 317 g/mol. The van der Waals surface area contributed by atoms with E-state index in [1.165, 1.54) is 25.0 Å². The van der Waals surface area contributed by atoms with Crippen molar-refractivity contribution < 1.29 is 13.9 Å². The molecule has 2 aliphatic carbocycles. The summed E-state index contributed by atoms with van der Waals surface area (Å²) < 4.78 is 18.5. The molecule has 2 aliphatic rings. The summed E-state index contributed by atoms with van der Waals surface area (Å²) in [6, 6.07) is 1.46. The summed E-state index contributed by atoms with van der Waals surface area (Å²) in [4.78, 5) is 12.4. The van der Waals surface area contributed by atoms with E-state index in [0.29, 0.717) is 5.92 Å². The second-order valence-electron chi connectivity index (χ2n) is 7.49. The zero-order chi connectivity index (χ0) is 18.1. The lowest BCUT2D eigenvalue weighted by Crippen LogP contribution is -2.29. The summed E-state index contributed by atoms with van der Waals surface area (Å²) in [6.07, 6.45) is 15.2. The normalized spacial score (nSPS) is 30.8. The molecule has 3 nitrogen and oxygen atoms in total. The third-order valence-corrected chi connectivity index (χ3v) is 5.61. The van der Waals surface area contributed by atoms with E-state index in [1.807, 2.05) is 6.08 Å². The van der Waals surface area contributed by atoms with Gasteiger partial charge in [-0.15, -0.1) is 0 Å². The second kappa shape index (κ2) is 10.4. The molecule has 0 heterocycles. The number of ether oxygens (including phenoxy) is 1. The lowest BCUT2D eigenvalue weighted by molar-refractivity contribution is -0.157. The van der Waals surface area contributed by atoms with Crippen LogP contribution in [0.2, 0.25) is 0 Å². The van der Waals surface area contributed by atoms with Crippen LogP contribution in [0.4, 0.5) is 4.39 Å². The molecule has 0 spiro atoms. The summed E-state index contributed by atoms with van der Waals surface area (Å²) in [5.74, 6) is 0.517. The monoisotopic (exact) mass is 347 g/mol. The maximum Gasteiger partial charge on any atom is 0.309 e. The number of carbonyl (C=O) groups excluding carboxylic acids is 1. The lowest BCUT2D eigenvalue weighted by Gasteiger charge is -2.31. The van der Waals surface area contributed by atoms with Gasteiger partial charge in [-0.2, -0.15) is 9.65 Å². The van der Waals surface area contributed by atoms with Crippen molar-refractivity contribution >= 4 is 5.97 Å². The molecule has 0 aromatic heterocycles. The van der Waals surface area contributed by atoms with Gasteiger partial charge in [0, 0.05) is 0 Å². The van der Waals surface area contributed by atoms with Crippen LogP contribution in [0.25, 0.3) is 0 Å². The van der Waals surface area contributed by atoms with Crippen molar-refractivity contribution in [2.24, 2.45) is 17.8 Å². The highest BCUT2D eigenvalue weighted by Crippen LogP contribution is 2.34. The molecule has 0 saturated heterocycles. The second-order valence-corrected chi connectivity index (χ2v) is 7.49. The zero-order valence-corrected chi connectivity index (χ0v) is 15.3. The summed E-state index contributed by atoms with van der Waals surface area (Å²) in [6.45, 7) is 2.22. The molecular formula is C21H30FNO2. The van der Waals surface area contributed by atoms with Gasteiger partial charge in [-0.3, -0.25) is 4.79 Å². The van der Waals surface area contributed by atoms with Crippen molar-refractivity contribution in [2.75, 3.05) is 0 Å². The Kier molecular flexibility index (Phi) is 8.18. The van der Waals surface area contributed by atoms with Crippen molar-refractivity contribution in [3.63, 3.8) is 0 Å². The minimum Gasteiger partial charge on any atom is -0.462 e. The molecule has 0 radical (unpaired) electrons. The van der Waals surface area contributed by atoms with Gasteiger partial charge < -0.3 is 4.74 Å². The largest absolute Gasteiger partial charge is 0.462 e. The predicted octanol–water partition coefficient (Wildman–Crippen LogP) is 5.63. The van der Waals surface area contributed by atoms with Crippen molar-refractivity contribution in [3.05, 3.63) is 24.1 Å². The van der Waals surface area contributed by atoms with E-state index in [1.54, 1.807) is 6.08 Å². The third-order valence-electron chi connectivity index (χ3n) is 5.61. The molecule has 138 valence electrons. The molecule has 0 bridgehead atoms. The summed E-state index contributed by atoms with van der Waals surface area (Å²) in [5, 5.41) is 8.36. The Hall–Kier alpha value is -1.63. The van der Waals surface area contributed by atoms with Gasteiger partial charge in [0.15, 0.2) is 5.83 Å². The minimum absolute atomic E-state index is 0.00738. The van der Waals surface area contributed by atoms with E-state index in [4.69, 9.17) is 10.00 Å². The van der Waals surface area contributed by atoms with Crippen molar-refractivity contribution in [2.45, 2.75) is 77.2 Å². The summed E-state index contributed by atoms with van der Waals surface area (Å²) in [7, 11) is 0. The standard InChI is InChI=1S/C21H30FNO2/c1-2-4-16-7-11-18(12-8-16)21(24)25-20-13-9-17(10-14-20)5-3-6-19(22)15-23/h3,5-6,16-18,20H,2,4,7-14H2,1H3/b5-3+,19-6?. The van der Waals surface area contributed by atoms with Gasteiger partial charge in [-0.05, 0) is 69.3 Å². The molecule has 2 saturated carbocycles. The van der Waals surface area contributed by atoms with Gasteiger partial charge >= 0.3 is 5.97 Å². The van der Waals surface area contributed by atoms with Gasteiger partial charge in [0.05, 0.1) is 5.92 Å². The highest BCUT2D eigenvalue weighted by molar-refractivity contribution is 5.72. The van der Waals surface area contributed by atoms with Crippen molar-refractivity contribution in [1.29, 1.82) is 5.26 Å². The van der Waals surface area contributed by atoms with Crippen LogP contribution in [0.5, 0.6) is 0 Å². The van der Waals surface area contributed by atoms with Gasteiger partial charge in [0.1, 0.15) is 12.2 Å². The van der Waals surface area contributed by atoms with E-state index in [2.05, 4.69) is 6.92 Å². The Bertz CT molecular complexity index is 519. The first-order chi connectivity index (χ1) is 12.1. The highest BCUT2D eigenvalue weighted by atomic mass is 19.1. The molecule has 4 heteroatoms. The molecule has 25 heavy (non-hydrogen) atoms. The van der Waals surface area contributed by atoms with Crippen LogP contribution in [-0.4, -0.2) is 12.1 Å². The van der Waals surface area contributed by atoms with Crippen LogP contribution in [-0.2, 0) is 9.53 Å². The summed E-state index contributed by atoms with van der Waals surface area (Å²) in [5.41, 5.74) is 0. The fourth-order valence-electron chi connectivity index (χ4n) is 4.09. The Morgan fingerprint density at radius 2 is 1.84 bits per heavy atom.